The van der Waals surface area contributed by atoms with E-state index in [1.807, 2.05) is 33.8 Å². The van der Waals surface area contributed by atoms with E-state index in [4.69, 9.17) is 24.2 Å². The molecule has 0 aromatic carbocycles. The van der Waals surface area contributed by atoms with E-state index in [0.29, 0.717) is 37.8 Å². The largest absolute Gasteiger partial charge is 0.465 e. The van der Waals surface area contributed by atoms with Crippen LogP contribution in [0.4, 0.5) is 9.59 Å². The first-order valence-electron chi connectivity index (χ1n) is 20.8. The van der Waals surface area contributed by atoms with Gasteiger partial charge in [-0.1, -0.05) is 52.0 Å². The number of carboxylic acid groups (broad SMARTS) is 1. The number of hydrogen-bond acceptors (Lipinski definition) is 10. The summed E-state index contributed by atoms with van der Waals surface area (Å²) in [5.41, 5.74) is 5.83. The van der Waals surface area contributed by atoms with Crippen LogP contribution in [0.1, 0.15) is 64.5 Å². The van der Waals surface area contributed by atoms with E-state index in [-0.39, 0.29) is 59.5 Å². The molecule has 8 rings (SSSR count). The first-order valence-corrected chi connectivity index (χ1v) is 20.8. The standard InChI is InChI=1S/C44H54N8O8/c1-22(2)36(49-43(55)56)42(54)52-19-24(20-58-5)14-34(52)40-46-31-12-10-25-16-30-28-11-9-26(15-27(28)21-60-35(30)17-29(25)38(31)48-40)32-18-45-39(47-32)33-8-7-13-51(33)41(53)37(23(3)4)50-44(57)59-6/h9-12,15-18,21-24,28-29,33-34,36-38,49H,7-8,13-14,19-20H2,1-6H3,(H,45,47)(H,46,48)(H,50,57)(H,55,56). The van der Waals surface area contributed by atoms with Crippen molar-refractivity contribution >= 4 is 35.4 Å². The fourth-order valence-corrected chi connectivity index (χ4v) is 9.51. The summed E-state index contributed by atoms with van der Waals surface area (Å²) in [4.78, 5) is 68.0. The Morgan fingerprint density at radius 3 is 2.50 bits per heavy atom. The lowest BCUT2D eigenvalue weighted by molar-refractivity contribution is -0.135. The van der Waals surface area contributed by atoms with E-state index < -0.39 is 24.3 Å². The third-order valence-corrected chi connectivity index (χ3v) is 12.6. The van der Waals surface area contributed by atoms with E-state index >= 15 is 0 Å². The van der Waals surface area contributed by atoms with Gasteiger partial charge >= 0.3 is 12.2 Å². The van der Waals surface area contributed by atoms with Crippen molar-refractivity contribution in [2.75, 3.05) is 33.9 Å². The number of allylic oxidation sites excluding steroid dienone is 9. The monoisotopic (exact) mass is 822 g/mol. The summed E-state index contributed by atoms with van der Waals surface area (Å²) in [6.07, 6.45) is 18.8. The predicted octanol–water partition coefficient (Wildman–Crippen LogP) is 4.73. The Bertz CT molecular complexity index is 2190. The van der Waals surface area contributed by atoms with Crippen molar-refractivity contribution < 1.29 is 38.5 Å². The van der Waals surface area contributed by atoms with Crippen LogP contribution in [0.5, 0.6) is 0 Å². The second kappa shape index (κ2) is 16.6. The minimum absolute atomic E-state index is 0.0194. The number of aliphatic imine (C=N–C) groups is 1. The van der Waals surface area contributed by atoms with Gasteiger partial charge in [-0.3, -0.25) is 9.59 Å². The highest BCUT2D eigenvalue weighted by atomic mass is 16.5. The van der Waals surface area contributed by atoms with E-state index in [1.54, 1.807) is 29.4 Å². The van der Waals surface area contributed by atoms with Gasteiger partial charge in [-0.2, -0.15) is 0 Å². The van der Waals surface area contributed by atoms with Crippen molar-refractivity contribution in [1.29, 1.82) is 0 Å². The lowest BCUT2D eigenvalue weighted by Gasteiger charge is -2.35. The van der Waals surface area contributed by atoms with Crippen LogP contribution in [0.25, 0.3) is 5.57 Å². The zero-order chi connectivity index (χ0) is 42.4. The van der Waals surface area contributed by atoms with Gasteiger partial charge < -0.3 is 50.1 Å². The number of likely N-dealkylation sites (tertiary alicyclic amines) is 2. The number of amidine groups is 1. The summed E-state index contributed by atoms with van der Waals surface area (Å²) in [5, 5.41) is 18.3. The molecule has 4 aliphatic heterocycles. The Balaban J connectivity index is 0.968. The third-order valence-electron chi connectivity index (χ3n) is 12.6. The lowest BCUT2D eigenvalue weighted by Crippen LogP contribution is -2.55. The van der Waals surface area contributed by atoms with E-state index in [0.717, 1.165) is 52.3 Å². The van der Waals surface area contributed by atoms with E-state index in [2.05, 4.69) is 57.4 Å². The molecule has 1 aromatic heterocycles. The lowest BCUT2D eigenvalue weighted by atomic mass is 9.75. The molecule has 60 heavy (non-hydrogen) atoms. The second-order valence-corrected chi connectivity index (χ2v) is 17.2. The number of alkyl carbamates (subject to hydrolysis) is 1. The highest BCUT2D eigenvalue weighted by molar-refractivity contribution is 5.97. The van der Waals surface area contributed by atoms with E-state index in [9.17, 15) is 24.3 Å². The molecule has 16 heteroatoms. The van der Waals surface area contributed by atoms with Crippen molar-refractivity contribution in [3.63, 3.8) is 0 Å². The Morgan fingerprint density at radius 1 is 1.00 bits per heavy atom. The molecule has 0 radical (unpaired) electrons. The number of nitrogens with one attached hydrogen (secondary N) is 4. The zero-order valence-electron chi connectivity index (χ0n) is 34.8. The third kappa shape index (κ3) is 7.68. The Labute approximate surface area is 349 Å². The molecule has 0 bridgehead atoms. The SMILES string of the molecule is COCC1CC(C2=NC3=CC=C4C=C5C(=CC4C3N2)OC=C2C=C(c3cnc(C4CCCN4C(=O)C(NC(=O)OC)C(C)C)[nH]3)C=CC25)N(C(=O)C(NC(=O)O)C(C)C)C1. The van der Waals surface area contributed by atoms with Gasteiger partial charge in [-0.05, 0) is 66.0 Å². The summed E-state index contributed by atoms with van der Waals surface area (Å²) < 4.78 is 16.6. The fourth-order valence-electron chi connectivity index (χ4n) is 9.51. The number of nitrogens with zero attached hydrogens (tertiary/aromatic N) is 4. The van der Waals surface area contributed by atoms with Crippen LogP contribution in [-0.4, -0.2) is 113 Å². The Kier molecular flexibility index (Phi) is 11.3. The molecule has 16 nitrogen and oxygen atoms in total. The van der Waals surface area contributed by atoms with Gasteiger partial charge in [0.1, 0.15) is 29.5 Å². The van der Waals surface area contributed by atoms with Gasteiger partial charge in [0, 0.05) is 43.5 Å². The number of rotatable bonds is 11. The van der Waals surface area contributed by atoms with Crippen LogP contribution in [0, 0.1) is 29.6 Å². The van der Waals surface area contributed by atoms with Crippen LogP contribution in [0.3, 0.4) is 0 Å². The van der Waals surface area contributed by atoms with Crippen molar-refractivity contribution in [3.05, 3.63) is 94.7 Å². The molecular formula is C44H54N8O8. The molecule has 0 spiro atoms. The number of aromatic nitrogens is 2. The molecule has 1 aromatic rings. The number of ether oxygens (including phenoxy) is 3. The maximum Gasteiger partial charge on any atom is 0.407 e. The molecule has 4 amide bonds. The molecule has 0 saturated carbocycles. The molecular weight excluding hydrogens is 769 g/mol. The van der Waals surface area contributed by atoms with Crippen molar-refractivity contribution in [2.24, 2.45) is 34.6 Å². The van der Waals surface area contributed by atoms with Gasteiger partial charge in [-0.15, -0.1) is 0 Å². The molecule has 2 fully saturated rings. The molecule has 7 aliphatic rings. The maximum atomic E-state index is 13.9. The highest BCUT2D eigenvalue weighted by Crippen LogP contribution is 2.46. The molecule has 5 heterocycles. The first kappa shape index (κ1) is 40.9. The number of H-pyrrole nitrogens is 1. The summed E-state index contributed by atoms with van der Waals surface area (Å²) in [6.45, 7) is 8.96. The van der Waals surface area contributed by atoms with Gasteiger partial charge in [0.2, 0.25) is 11.8 Å². The molecule has 5 N–H and O–H groups in total. The number of amides is 4. The molecule has 8 unspecified atom stereocenters. The zero-order valence-corrected chi connectivity index (χ0v) is 34.8. The number of aromatic amines is 1. The van der Waals surface area contributed by atoms with Crippen LogP contribution in [0.15, 0.2) is 88.2 Å². The van der Waals surface area contributed by atoms with E-state index in [1.165, 1.54) is 7.11 Å². The first-order chi connectivity index (χ1) is 28.8. The van der Waals surface area contributed by atoms with Crippen molar-refractivity contribution in [1.82, 2.24) is 35.7 Å². The number of carbonyl (C=O) groups excluding carboxylic acids is 3. The number of methoxy groups -OCH3 is 2. The summed E-state index contributed by atoms with van der Waals surface area (Å²) in [6, 6.07) is -2.34. The van der Waals surface area contributed by atoms with Gasteiger partial charge in [0.15, 0.2) is 0 Å². The number of fused-ring (bicyclic) bond motifs is 6. The number of hydrogen-bond donors (Lipinski definition) is 5. The second-order valence-electron chi connectivity index (χ2n) is 17.2. The average molecular weight is 823 g/mol. The maximum absolute atomic E-state index is 13.9. The van der Waals surface area contributed by atoms with Crippen LogP contribution in [-0.2, 0) is 23.8 Å². The number of imidazole rings is 1. The minimum atomic E-state index is -1.23. The van der Waals surface area contributed by atoms with Crippen molar-refractivity contribution in [3.8, 4) is 0 Å². The van der Waals surface area contributed by atoms with Gasteiger partial charge in [-0.25, -0.2) is 19.6 Å². The van der Waals surface area contributed by atoms with Crippen LogP contribution >= 0.6 is 0 Å². The average Bonchev–Trinajstić information content (AvgIpc) is 4.06. The minimum Gasteiger partial charge on any atom is -0.465 e. The molecule has 318 valence electrons. The summed E-state index contributed by atoms with van der Waals surface area (Å²) in [7, 11) is 2.93. The highest BCUT2D eigenvalue weighted by Gasteiger charge is 2.46. The van der Waals surface area contributed by atoms with Gasteiger partial charge in [0.05, 0.1) is 55.7 Å². The fraction of sp³-hybridized carbons (Fsp3) is 0.500. The molecule has 3 aliphatic carbocycles. The van der Waals surface area contributed by atoms with Gasteiger partial charge in [0.25, 0.3) is 0 Å². The molecule has 8 atom stereocenters. The Hall–Kier alpha value is -5.90. The summed E-state index contributed by atoms with van der Waals surface area (Å²) in [5.74, 6) is 1.41. The topological polar surface area (TPSA) is 200 Å². The van der Waals surface area contributed by atoms with Crippen molar-refractivity contribution in [2.45, 2.75) is 77.2 Å². The smallest absolute Gasteiger partial charge is 0.407 e. The Morgan fingerprint density at radius 2 is 1.77 bits per heavy atom. The quantitative estimate of drug-likeness (QED) is 0.208. The van der Waals surface area contributed by atoms with Crippen LogP contribution in [0.2, 0.25) is 0 Å². The molecule has 2 saturated heterocycles. The van der Waals surface area contributed by atoms with Crippen LogP contribution < -0.4 is 16.0 Å². The normalized spacial score (nSPS) is 27.3. The predicted molar refractivity (Wildman–Crippen MR) is 222 cm³/mol. The number of carbonyl (C=O) groups is 4. The summed E-state index contributed by atoms with van der Waals surface area (Å²) >= 11 is 0.